The number of methoxy groups -OCH3 is 1. The third-order valence-electron chi connectivity index (χ3n) is 1.74. The molecule has 0 unspecified atom stereocenters. The summed E-state index contributed by atoms with van der Waals surface area (Å²) < 4.78 is 5.07. The van der Waals surface area contributed by atoms with E-state index in [1.54, 1.807) is 7.11 Å². The van der Waals surface area contributed by atoms with Crippen LogP contribution in [0, 0.1) is 0 Å². The lowest BCUT2D eigenvalue weighted by Crippen LogP contribution is -2.24. The Labute approximate surface area is 55.0 Å². The van der Waals surface area contributed by atoms with Gasteiger partial charge in [-0.25, -0.2) is 0 Å². The van der Waals surface area contributed by atoms with E-state index in [4.69, 9.17) is 9.84 Å². The maximum Gasteiger partial charge on any atom is 0.0711 e. The molecule has 0 saturated carbocycles. The standard InChI is InChI=1S/C6H13NO2/c1-9-6-2-5(4-8)7-3-6/h5-8H,2-4H2,1H3/t5-,6+/m1/s1. The van der Waals surface area contributed by atoms with Crippen molar-refractivity contribution < 1.29 is 9.84 Å². The van der Waals surface area contributed by atoms with Crippen molar-refractivity contribution in [1.29, 1.82) is 0 Å². The number of aliphatic hydroxyl groups excluding tert-OH is 1. The molecule has 54 valence electrons. The fourth-order valence-electron chi connectivity index (χ4n) is 1.10. The van der Waals surface area contributed by atoms with Gasteiger partial charge in [-0.1, -0.05) is 0 Å². The third-order valence-corrected chi connectivity index (χ3v) is 1.74. The molecular formula is C6H13NO2. The molecule has 1 saturated heterocycles. The summed E-state index contributed by atoms with van der Waals surface area (Å²) in [4.78, 5) is 0. The van der Waals surface area contributed by atoms with E-state index in [1.807, 2.05) is 0 Å². The van der Waals surface area contributed by atoms with Crippen LogP contribution in [-0.2, 0) is 4.74 Å². The van der Waals surface area contributed by atoms with Crippen molar-refractivity contribution in [1.82, 2.24) is 5.32 Å². The summed E-state index contributed by atoms with van der Waals surface area (Å²) in [5.74, 6) is 0. The van der Waals surface area contributed by atoms with Crippen molar-refractivity contribution >= 4 is 0 Å². The van der Waals surface area contributed by atoms with E-state index >= 15 is 0 Å². The van der Waals surface area contributed by atoms with Crippen LogP contribution in [-0.4, -0.2) is 37.5 Å². The number of hydrogen-bond acceptors (Lipinski definition) is 3. The van der Waals surface area contributed by atoms with Gasteiger partial charge < -0.3 is 15.2 Å². The van der Waals surface area contributed by atoms with Crippen LogP contribution < -0.4 is 5.32 Å². The Morgan fingerprint density at radius 2 is 2.56 bits per heavy atom. The Morgan fingerprint density at radius 1 is 1.78 bits per heavy atom. The quantitative estimate of drug-likeness (QED) is 0.523. The molecule has 0 amide bonds. The van der Waals surface area contributed by atoms with E-state index < -0.39 is 0 Å². The summed E-state index contributed by atoms with van der Waals surface area (Å²) >= 11 is 0. The summed E-state index contributed by atoms with van der Waals surface area (Å²) in [6.07, 6.45) is 1.25. The number of rotatable bonds is 2. The van der Waals surface area contributed by atoms with E-state index in [0.717, 1.165) is 13.0 Å². The minimum absolute atomic E-state index is 0.222. The number of hydrogen-bond donors (Lipinski definition) is 2. The van der Waals surface area contributed by atoms with Crippen molar-refractivity contribution in [2.45, 2.75) is 18.6 Å². The second kappa shape index (κ2) is 3.15. The molecule has 1 rings (SSSR count). The lowest BCUT2D eigenvalue weighted by atomic mass is 10.2. The van der Waals surface area contributed by atoms with E-state index in [0.29, 0.717) is 6.10 Å². The minimum Gasteiger partial charge on any atom is -0.395 e. The molecule has 0 radical (unpaired) electrons. The smallest absolute Gasteiger partial charge is 0.0711 e. The molecule has 1 heterocycles. The first kappa shape index (κ1) is 6.99. The molecule has 1 aliphatic heterocycles. The Hall–Kier alpha value is -0.120. The first-order chi connectivity index (χ1) is 4.36. The molecule has 0 bridgehead atoms. The average Bonchev–Trinajstić information content (AvgIpc) is 2.34. The topological polar surface area (TPSA) is 41.5 Å². The van der Waals surface area contributed by atoms with Crippen LogP contribution in [0.2, 0.25) is 0 Å². The van der Waals surface area contributed by atoms with Crippen LogP contribution in [0.15, 0.2) is 0 Å². The molecule has 3 nitrogen and oxygen atoms in total. The van der Waals surface area contributed by atoms with Gasteiger partial charge in [0, 0.05) is 19.7 Å². The van der Waals surface area contributed by atoms with E-state index in [1.165, 1.54) is 0 Å². The first-order valence-electron chi connectivity index (χ1n) is 3.24. The summed E-state index contributed by atoms with van der Waals surface area (Å²) in [6.45, 7) is 1.10. The van der Waals surface area contributed by atoms with Gasteiger partial charge in [-0.2, -0.15) is 0 Å². The fourth-order valence-corrected chi connectivity index (χ4v) is 1.10. The largest absolute Gasteiger partial charge is 0.395 e. The highest BCUT2D eigenvalue weighted by Gasteiger charge is 2.22. The molecule has 0 spiro atoms. The van der Waals surface area contributed by atoms with Crippen molar-refractivity contribution in [2.24, 2.45) is 0 Å². The molecule has 0 aromatic heterocycles. The second-order valence-electron chi connectivity index (χ2n) is 2.38. The zero-order valence-corrected chi connectivity index (χ0v) is 5.63. The monoisotopic (exact) mass is 131 g/mol. The van der Waals surface area contributed by atoms with Gasteiger partial charge >= 0.3 is 0 Å². The summed E-state index contributed by atoms with van der Waals surface area (Å²) in [5.41, 5.74) is 0. The normalized spacial score (nSPS) is 35.3. The van der Waals surface area contributed by atoms with E-state index in [9.17, 15) is 0 Å². The van der Waals surface area contributed by atoms with Crippen molar-refractivity contribution in [3.05, 3.63) is 0 Å². The molecule has 1 aliphatic rings. The summed E-state index contributed by atoms with van der Waals surface area (Å²) in [5, 5.41) is 11.8. The summed E-state index contributed by atoms with van der Waals surface area (Å²) in [7, 11) is 1.70. The molecule has 0 aromatic rings. The van der Waals surface area contributed by atoms with Gasteiger partial charge in [-0.15, -0.1) is 0 Å². The van der Waals surface area contributed by atoms with Crippen LogP contribution in [0.25, 0.3) is 0 Å². The Morgan fingerprint density at radius 3 is 2.89 bits per heavy atom. The average molecular weight is 131 g/mol. The number of nitrogens with one attached hydrogen (secondary N) is 1. The van der Waals surface area contributed by atoms with Gasteiger partial charge in [0.15, 0.2) is 0 Å². The van der Waals surface area contributed by atoms with Crippen molar-refractivity contribution in [3.63, 3.8) is 0 Å². The van der Waals surface area contributed by atoms with Gasteiger partial charge in [-0.3, -0.25) is 0 Å². The minimum atomic E-state index is 0.222. The van der Waals surface area contributed by atoms with Crippen LogP contribution in [0.3, 0.4) is 0 Å². The highest BCUT2D eigenvalue weighted by molar-refractivity contribution is 4.80. The zero-order chi connectivity index (χ0) is 6.69. The molecule has 0 aromatic carbocycles. The van der Waals surface area contributed by atoms with Gasteiger partial charge in [0.1, 0.15) is 0 Å². The van der Waals surface area contributed by atoms with Crippen molar-refractivity contribution in [3.8, 4) is 0 Å². The highest BCUT2D eigenvalue weighted by Crippen LogP contribution is 2.07. The summed E-state index contributed by atoms with van der Waals surface area (Å²) in [6, 6.07) is 0.259. The fraction of sp³-hybridized carbons (Fsp3) is 1.00. The molecule has 0 aliphatic carbocycles. The predicted molar refractivity (Wildman–Crippen MR) is 34.3 cm³/mol. The maximum atomic E-state index is 8.66. The molecular weight excluding hydrogens is 118 g/mol. The Bertz CT molecular complexity index is 77.1. The first-order valence-corrected chi connectivity index (χ1v) is 3.24. The highest BCUT2D eigenvalue weighted by atomic mass is 16.5. The molecule has 3 heteroatoms. The zero-order valence-electron chi connectivity index (χ0n) is 5.63. The van der Waals surface area contributed by atoms with E-state index in [2.05, 4.69) is 5.32 Å². The molecule has 2 atom stereocenters. The predicted octanol–water partition coefficient (Wildman–Crippen LogP) is -0.644. The number of ether oxygens (including phenoxy) is 1. The van der Waals surface area contributed by atoms with Crippen LogP contribution >= 0.6 is 0 Å². The second-order valence-corrected chi connectivity index (χ2v) is 2.38. The SMILES string of the molecule is CO[C@@H]1CN[C@@H](CO)C1. The third kappa shape index (κ3) is 1.64. The van der Waals surface area contributed by atoms with Crippen LogP contribution in [0.4, 0.5) is 0 Å². The lowest BCUT2D eigenvalue weighted by Gasteiger charge is -2.04. The molecule has 9 heavy (non-hydrogen) atoms. The Balaban J connectivity index is 2.20. The lowest BCUT2D eigenvalue weighted by molar-refractivity contribution is 0.114. The van der Waals surface area contributed by atoms with Crippen LogP contribution in [0.5, 0.6) is 0 Å². The van der Waals surface area contributed by atoms with Gasteiger partial charge in [0.25, 0.3) is 0 Å². The Kier molecular flexibility index (Phi) is 2.45. The van der Waals surface area contributed by atoms with Gasteiger partial charge in [0.2, 0.25) is 0 Å². The van der Waals surface area contributed by atoms with Gasteiger partial charge in [0.05, 0.1) is 12.7 Å². The molecule has 1 fully saturated rings. The maximum absolute atomic E-state index is 8.66. The van der Waals surface area contributed by atoms with E-state index in [-0.39, 0.29) is 12.6 Å². The number of aliphatic hydroxyl groups is 1. The van der Waals surface area contributed by atoms with Crippen molar-refractivity contribution in [2.75, 3.05) is 20.3 Å². The molecule has 2 N–H and O–H groups in total. The van der Waals surface area contributed by atoms with Gasteiger partial charge in [-0.05, 0) is 6.42 Å². The van der Waals surface area contributed by atoms with Crippen LogP contribution in [0.1, 0.15) is 6.42 Å².